The van der Waals surface area contributed by atoms with E-state index < -0.39 is 0 Å². The van der Waals surface area contributed by atoms with Gasteiger partial charge in [-0.1, -0.05) is 33.6 Å². The zero-order valence-corrected chi connectivity index (χ0v) is 13.7. The van der Waals surface area contributed by atoms with Gasteiger partial charge in [-0.3, -0.25) is 0 Å². The van der Waals surface area contributed by atoms with Crippen LogP contribution < -0.4 is 0 Å². The van der Waals surface area contributed by atoms with Crippen molar-refractivity contribution in [2.24, 2.45) is 10.3 Å². The third-order valence-corrected chi connectivity index (χ3v) is 2.76. The molecule has 7 heteroatoms. The molecule has 0 aliphatic heterocycles. The Morgan fingerprint density at radius 3 is 1.39 bits per heavy atom. The summed E-state index contributed by atoms with van der Waals surface area (Å²) < 4.78 is 0. The van der Waals surface area contributed by atoms with E-state index in [0.29, 0.717) is 11.1 Å². The van der Waals surface area contributed by atoms with Gasteiger partial charge in [0.25, 0.3) is 0 Å². The Hall–Kier alpha value is -2.51. The number of aromatic hydroxyl groups is 2. The molecule has 0 saturated heterocycles. The number of phenolic OH excluding ortho intramolecular Hbond substituents is 2. The average molecular weight is 361 g/mol. The fourth-order valence-electron chi connectivity index (χ4n) is 1.68. The van der Waals surface area contributed by atoms with Gasteiger partial charge < -0.3 is 20.6 Å². The summed E-state index contributed by atoms with van der Waals surface area (Å²) in [7, 11) is 0. The Kier molecular flexibility index (Phi) is 9.13. The van der Waals surface area contributed by atoms with Gasteiger partial charge in [0.05, 0.1) is 12.4 Å². The Labute approximate surface area is 144 Å². The van der Waals surface area contributed by atoms with Crippen LogP contribution in [-0.4, -0.2) is 33.1 Å². The van der Waals surface area contributed by atoms with Crippen LogP contribution in [0, 0.1) is 13.8 Å². The minimum atomic E-state index is 0. The number of oxime groups is 2. The minimum absolute atomic E-state index is 0. The Morgan fingerprint density at radius 2 is 1.09 bits per heavy atom. The second-order valence-electron chi connectivity index (χ2n) is 4.61. The van der Waals surface area contributed by atoms with Crippen LogP contribution in [0.3, 0.4) is 0 Å². The van der Waals surface area contributed by atoms with Crippen molar-refractivity contribution in [1.82, 2.24) is 0 Å². The summed E-state index contributed by atoms with van der Waals surface area (Å²) in [4.78, 5) is 0. The fourth-order valence-corrected chi connectivity index (χ4v) is 1.68. The van der Waals surface area contributed by atoms with E-state index in [2.05, 4.69) is 10.3 Å². The van der Waals surface area contributed by atoms with Crippen molar-refractivity contribution >= 4 is 12.4 Å². The van der Waals surface area contributed by atoms with Crippen molar-refractivity contribution < 1.29 is 37.4 Å². The first-order chi connectivity index (χ1) is 10.5. The third-order valence-electron chi connectivity index (χ3n) is 2.76. The second-order valence-corrected chi connectivity index (χ2v) is 4.61. The molecule has 0 aliphatic carbocycles. The molecule has 0 unspecified atom stereocenters. The molecule has 1 radical (unpaired) electrons. The molecule has 0 amide bonds. The summed E-state index contributed by atoms with van der Waals surface area (Å²) in [5.41, 5.74) is 3.07. The van der Waals surface area contributed by atoms with Crippen LogP contribution in [0.25, 0.3) is 0 Å². The monoisotopic (exact) mass is 361 g/mol. The summed E-state index contributed by atoms with van der Waals surface area (Å²) in [5.74, 6) is 0.238. The van der Waals surface area contributed by atoms with E-state index in [1.54, 1.807) is 36.4 Å². The summed E-state index contributed by atoms with van der Waals surface area (Å²) in [6.07, 6.45) is 2.39. The summed E-state index contributed by atoms with van der Waals surface area (Å²) in [6.45, 7) is 3.79. The van der Waals surface area contributed by atoms with Gasteiger partial charge in [0.1, 0.15) is 11.5 Å². The van der Waals surface area contributed by atoms with Crippen molar-refractivity contribution in [1.29, 1.82) is 0 Å². The maximum absolute atomic E-state index is 9.16. The molecule has 0 aromatic heterocycles. The average Bonchev–Trinajstić information content (AvgIpc) is 2.48. The summed E-state index contributed by atoms with van der Waals surface area (Å²) in [5, 5.41) is 40.4. The molecule has 4 N–H and O–H groups in total. The molecule has 2 aromatic rings. The molecule has 0 atom stereocenters. The van der Waals surface area contributed by atoms with Gasteiger partial charge >= 0.3 is 0 Å². The van der Waals surface area contributed by atoms with Gasteiger partial charge in [-0.25, -0.2) is 0 Å². The van der Waals surface area contributed by atoms with Crippen LogP contribution in [0.4, 0.5) is 0 Å². The minimum Gasteiger partial charge on any atom is -0.507 e. The number of phenols is 2. The van der Waals surface area contributed by atoms with Gasteiger partial charge in [-0.05, 0) is 38.1 Å². The predicted molar refractivity (Wildman–Crippen MR) is 84.4 cm³/mol. The van der Waals surface area contributed by atoms with Crippen molar-refractivity contribution in [3.63, 3.8) is 0 Å². The third kappa shape index (κ3) is 6.85. The molecule has 125 valence electrons. The maximum atomic E-state index is 9.16. The Morgan fingerprint density at radius 1 is 0.739 bits per heavy atom. The van der Waals surface area contributed by atoms with E-state index in [4.69, 9.17) is 20.6 Å². The molecular formula is C16H18CoN2O4. The van der Waals surface area contributed by atoms with Crippen molar-refractivity contribution in [3.8, 4) is 11.5 Å². The smallest absolute Gasteiger partial charge is 0.124 e. The molecule has 0 aliphatic rings. The first-order valence-corrected chi connectivity index (χ1v) is 6.42. The van der Waals surface area contributed by atoms with E-state index >= 15 is 0 Å². The van der Waals surface area contributed by atoms with E-state index in [-0.39, 0.29) is 28.3 Å². The largest absolute Gasteiger partial charge is 0.507 e. The summed E-state index contributed by atoms with van der Waals surface area (Å²) >= 11 is 0. The van der Waals surface area contributed by atoms with Crippen LogP contribution in [0.15, 0.2) is 46.7 Å². The van der Waals surface area contributed by atoms with Crippen LogP contribution in [0.5, 0.6) is 11.5 Å². The van der Waals surface area contributed by atoms with Gasteiger partial charge in [0.2, 0.25) is 0 Å². The number of hydrogen-bond donors (Lipinski definition) is 4. The molecule has 0 heterocycles. The van der Waals surface area contributed by atoms with Crippen LogP contribution in [0.1, 0.15) is 22.3 Å². The first-order valence-electron chi connectivity index (χ1n) is 6.42. The van der Waals surface area contributed by atoms with E-state index in [0.717, 1.165) is 11.1 Å². The number of nitrogens with zero attached hydrogens (tertiary/aromatic N) is 2. The topological polar surface area (TPSA) is 106 Å². The Balaban J connectivity index is 0.000000403. The molecule has 6 nitrogen and oxygen atoms in total. The number of aryl methyl sites for hydroxylation is 2. The maximum Gasteiger partial charge on any atom is 0.124 e. The van der Waals surface area contributed by atoms with Gasteiger partial charge in [0.15, 0.2) is 0 Å². The van der Waals surface area contributed by atoms with Gasteiger partial charge in [-0.15, -0.1) is 0 Å². The number of hydrogen-bond acceptors (Lipinski definition) is 6. The van der Waals surface area contributed by atoms with Crippen LogP contribution >= 0.6 is 0 Å². The van der Waals surface area contributed by atoms with Gasteiger partial charge in [-0.2, -0.15) is 0 Å². The zero-order valence-electron chi connectivity index (χ0n) is 12.6. The molecule has 0 saturated carbocycles. The van der Waals surface area contributed by atoms with E-state index in [9.17, 15) is 0 Å². The number of rotatable bonds is 2. The number of benzene rings is 2. The predicted octanol–water partition coefficient (Wildman–Crippen LogP) is 3.01. The SMILES string of the molecule is Cc1ccc(O)c(/C=N/O)c1.Cc1ccc(O)c(/C=N/O)c1.[Co]. The van der Waals surface area contributed by atoms with E-state index in [1.165, 1.54) is 12.4 Å². The van der Waals surface area contributed by atoms with Crippen LogP contribution in [0.2, 0.25) is 0 Å². The molecular weight excluding hydrogens is 343 g/mol. The molecule has 0 bridgehead atoms. The van der Waals surface area contributed by atoms with Gasteiger partial charge in [0, 0.05) is 27.9 Å². The van der Waals surface area contributed by atoms with Crippen molar-refractivity contribution in [2.75, 3.05) is 0 Å². The molecule has 2 aromatic carbocycles. The quantitative estimate of drug-likeness (QED) is 0.375. The molecule has 23 heavy (non-hydrogen) atoms. The normalized spacial score (nSPS) is 10.2. The fraction of sp³-hybridized carbons (Fsp3) is 0.125. The molecule has 2 rings (SSSR count). The van der Waals surface area contributed by atoms with Crippen molar-refractivity contribution in [3.05, 3.63) is 58.7 Å². The first kappa shape index (κ1) is 20.5. The van der Waals surface area contributed by atoms with Crippen LogP contribution in [-0.2, 0) is 16.8 Å². The molecule has 0 fully saturated rings. The zero-order chi connectivity index (χ0) is 16.5. The summed E-state index contributed by atoms with van der Waals surface area (Å²) in [6, 6.07) is 10.1. The Bertz CT molecular complexity index is 628. The standard InChI is InChI=1S/2C8H9NO2.Co/c2*1-6-2-3-8(10)7(4-6)5-9-11;/h2*2-5,10-11H,1H3;/b2*9-5+;. The van der Waals surface area contributed by atoms with Crippen molar-refractivity contribution in [2.45, 2.75) is 13.8 Å². The second kappa shape index (κ2) is 10.3. The van der Waals surface area contributed by atoms with E-state index in [1.807, 2.05) is 13.8 Å². The molecule has 0 spiro atoms.